The number of rotatable bonds is 9. The average Bonchev–Trinajstić information content (AvgIpc) is 4.01. The number of carbonyl (C=O) groups is 4. The monoisotopic (exact) mass is 849 g/mol. The van der Waals surface area contributed by atoms with Gasteiger partial charge in [-0.1, -0.05) is 26.0 Å². The number of nitrogens with zero attached hydrogens (tertiary/aromatic N) is 2. The van der Waals surface area contributed by atoms with Crippen LogP contribution in [0.3, 0.4) is 0 Å². The van der Waals surface area contributed by atoms with Crippen LogP contribution in [-0.4, -0.2) is 95.0 Å². The number of pyridine rings is 1. The Balaban J connectivity index is 1.35. The van der Waals surface area contributed by atoms with Crippen molar-refractivity contribution in [2.45, 2.75) is 140 Å². The Bertz CT molecular complexity index is 2110. The summed E-state index contributed by atoms with van der Waals surface area (Å²) in [5.74, 6) is -2.83. The van der Waals surface area contributed by atoms with Crippen LogP contribution in [-0.2, 0) is 29.1 Å². The van der Waals surface area contributed by atoms with E-state index in [0.29, 0.717) is 57.1 Å². The maximum absolute atomic E-state index is 14.8. The molecule has 2 aromatic rings. The van der Waals surface area contributed by atoms with Crippen molar-refractivity contribution < 1.29 is 55.0 Å². The van der Waals surface area contributed by atoms with Gasteiger partial charge in [-0.2, -0.15) is 13.2 Å². The van der Waals surface area contributed by atoms with Gasteiger partial charge in [-0.25, -0.2) is 18.2 Å². The van der Waals surface area contributed by atoms with Crippen LogP contribution in [0.2, 0.25) is 0 Å². The molecule has 59 heavy (non-hydrogen) atoms. The molecule has 4 amide bonds. The number of allylic oxidation sites excluding steroid dienone is 1. The van der Waals surface area contributed by atoms with E-state index in [0.717, 1.165) is 5.39 Å². The van der Waals surface area contributed by atoms with Gasteiger partial charge in [-0.05, 0) is 115 Å². The first-order chi connectivity index (χ1) is 27.4. The van der Waals surface area contributed by atoms with Crippen LogP contribution in [0, 0.1) is 17.8 Å². The van der Waals surface area contributed by atoms with Crippen LogP contribution in [0.5, 0.6) is 11.6 Å². The summed E-state index contributed by atoms with van der Waals surface area (Å²) < 4.78 is 85.8. The Morgan fingerprint density at radius 2 is 1.80 bits per heavy atom. The van der Waals surface area contributed by atoms with E-state index >= 15 is 0 Å². The van der Waals surface area contributed by atoms with E-state index in [1.165, 1.54) is 11.8 Å². The highest BCUT2D eigenvalue weighted by atomic mass is 32.2. The van der Waals surface area contributed by atoms with Crippen molar-refractivity contribution in [1.82, 2.24) is 25.2 Å². The first-order valence-electron chi connectivity index (χ1n) is 20.1. The second kappa shape index (κ2) is 16.1. The van der Waals surface area contributed by atoms with Crippen LogP contribution >= 0.6 is 0 Å². The zero-order valence-electron chi connectivity index (χ0n) is 34.4. The molecule has 0 spiro atoms. The lowest BCUT2D eigenvalue weighted by Crippen LogP contribution is -2.59. The summed E-state index contributed by atoms with van der Waals surface area (Å²) in [5, 5.41) is 6.56. The van der Waals surface area contributed by atoms with E-state index in [9.17, 15) is 40.8 Å². The minimum absolute atomic E-state index is 0.0368. The molecule has 0 bridgehead atoms. The molecule has 14 nitrogen and oxygen atoms in total. The molecule has 3 N–H and O–H groups in total. The van der Waals surface area contributed by atoms with Crippen molar-refractivity contribution in [3.8, 4) is 11.6 Å². The Hall–Kier alpha value is -4.61. The number of alkyl carbamates (subject to hydrolysis) is 1. The Labute approximate surface area is 342 Å². The molecule has 2 aliphatic carbocycles. The third-order valence-electron chi connectivity index (χ3n) is 11.9. The number of hydrogen-bond acceptors (Lipinski definition) is 10. The average molecular weight is 850 g/mol. The molecule has 2 saturated carbocycles. The third kappa shape index (κ3) is 9.41. The number of fused-ring (bicyclic) bond motifs is 3. The first-order valence-corrected chi connectivity index (χ1v) is 21.6. The highest BCUT2D eigenvalue weighted by Gasteiger charge is 2.63. The first kappa shape index (κ1) is 44.0. The number of hydrogen-bond donors (Lipinski definition) is 3. The molecule has 0 unspecified atom stereocenters. The molecule has 4 aliphatic rings. The van der Waals surface area contributed by atoms with Gasteiger partial charge in [0.15, 0.2) is 0 Å². The molecule has 1 aromatic carbocycles. The smallest absolute Gasteiger partial charge is 0.427 e. The van der Waals surface area contributed by atoms with Gasteiger partial charge in [0.25, 0.3) is 5.91 Å². The molecular formula is C41H54F3N5O9S. The molecule has 0 radical (unpaired) electrons. The van der Waals surface area contributed by atoms with Gasteiger partial charge in [-0.15, -0.1) is 0 Å². The van der Waals surface area contributed by atoms with Crippen molar-refractivity contribution in [2.24, 2.45) is 17.8 Å². The highest BCUT2D eigenvalue weighted by molar-refractivity contribution is 7.91. The number of benzene rings is 1. The molecule has 7 atom stereocenters. The van der Waals surface area contributed by atoms with Crippen LogP contribution in [0.1, 0.15) is 93.4 Å². The topological polar surface area (TPSA) is 182 Å². The largest absolute Gasteiger partial charge is 0.491 e. The Morgan fingerprint density at radius 3 is 2.46 bits per heavy atom. The predicted octanol–water partition coefficient (Wildman–Crippen LogP) is 5.69. The van der Waals surface area contributed by atoms with E-state index < -0.39 is 85.9 Å². The standard InChI is InChI=1S/C41H54F3N5O9S/c1-23(2)56-28-12-13-30-26(19-28)14-17-45-34(30)57-29-20-31-33(50)47-40(36(52)48-59(54,55)39(7)15-16-39)21-27(40)11-9-8-10-24(3)18-25(4)32(35(51)49(31)22-29)46-37(53)58-38(5,6)41(42,43)44/h9,11-14,17,19,23-25,27,29,31-32H,8,10,15-16,18,20-22H2,1-7H3,(H,46,53)(H,47,50)(H,48,52)/b11-9-/t24-,25-,27-,29-,31+,32+,40-/m1/s1. The zero-order valence-corrected chi connectivity index (χ0v) is 35.2. The fourth-order valence-electron chi connectivity index (χ4n) is 7.77. The van der Waals surface area contributed by atoms with Crippen LogP contribution in [0.4, 0.5) is 18.0 Å². The highest BCUT2D eigenvalue weighted by Crippen LogP contribution is 2.48. The molecule has 1 aromatic heterocycles. The minimum Gasteiger partial charge on any atom is -0.491 e. The fourth-order valence-corrected chi connectivity index (χ4v) is 9.08. The maximum Gasteiger partial charge on any atom is 0.427 e. The summed E-state index contributed by atoms with van der Waals surface area (Å²) in [6.07, 6.45) is 0.157. The summed E-state index contributed by atoms with van der Waals surface area (Å²) in [6.45, 7) is 10.2. The predicted molar refractivity (Wildman–Crippen MR) is 211 cm³/mol. The Morgan fingerprint density at radius 1 is 1.08 bits per heavy atom. The molecule has 1 saturated heterocycles. The van der Waals surface area contributed by atoms with E-state index in [-0.39, 0.29) is 37.3 Å². The van der Waals surface area contributed by atoms with Crippen molar-refractivity contribution in [3.63, 3.8) is 0 Å². The van der Waals surface area contributed by atoms with Gasteiger partial charge in [0, 0.05) is 23.9 Å². The third-order valence-corrected chi connectivity index (χ3v) is 14.1. The number of sulfonamides is 1. The molecule has 3 fully saturated rings. The van der Waals surface area contributed by atoms with Crippen molar-refractivity contribution in [3.05, 3.63) is 42.6 Å². The summed E-state index contributed by atoms with van der Waals surface area (Å²) in [4.78, 5) is 62.0. The summed E-state index contributed by atoms with van der Waals surface area (Å²) in [7, 11) is -4.08. The summed E-state index contributed by atoms with van der Waals surface area (Å²) in [6, 6.07) is 4.39. The molecule has 324 valence electrons. The SMILES string of the molecule is CC(C)Oc1ccc2c(O[C@@H]3C[C@H]4C(=O)N[C@]5(C(=O)NS(=O)(=O)C6(C)CC6)C[C@H]5/C=C\CC[C@@H](C)C[C@@H](C)[C@H](NC(=O)OC(C)(C)C(F)(F)F)C(=O)N4C3)nccc2c1. The number of aromatic nitrogens is 1. The van der Waals surface area contributed by atoms with Gasteiger partial charge >= 0.3 is 12.3 Å². The van der Waals surface area contributed by atoms with E-state index in [2.05, 4.69) is 20.3 Å². The number of nitrogens with one attached hydrogen (secondary N) is 3. The van der Waals surface area contributed by atoms with Crippen molar-refractivity contribution in [1.29, 1.82) is 0 Å². The lowest BCUT2D eigenvalue weighted by Gasteiger charge is -2.34. The second-order valence-electron chi connectivity index (χ2n) is 17.6. The minimum atomic E-state index is -4.91. The number of carbonyl (C=O) groups excluding carboxylic acids is 4. The molecule has 18 heteroatoms. The number of halogens is 3. The van der Waals surface area contributed by atoms with Gasteiger partial charge in [-0.3, -0.25) is 19.1 Å². The molecule has 6 rings (SSSR count). The van der Waals surface area contributed by atoms with E-state index in [1.807, 2.05) is 32.9 Å². The second-order valence-corrected chi connectivity index (χ2v) is 19.8. The lowest BCUT2D eigenvalue weighted by molar-refractivity contribution is -0.244. The van der Waals surface area contributed by atoms with Gasteiger partial charge in [0.1, 0.15) is 29.5 Å². The van der Waals surface area contributed by atoms with E-state index in [4.69, 9.17) is 14.2 Å². The maximum atomic E-state index is 14.8. The molecule has 2 aliphatic heterocycles. The number of amides is 4. The van der Waals surface area contributed by atoms with Gasteiger partial charge in [0.05, 0.1) is 17.4 Å². The lowest BCUT2D eigenvalue weighted by atomic mass is 9.88. The van der Waals surface area contributed by atoms with E-state index in [1.54, 1.807) is 37.4 Å². The number of ether oxygens (including phenoxy) is 3. The van der Waals surface area contributed by atoms with Gasteiger partial charge in [0.2, 0.25) is 33.3 Å². The molecular weight excluding hydrogens is 796 g/mol. The van der Waals surface area contributed by atoms with Gasteiger partial charge < -0.3 is 29.7 Å². The number of alkyl halides is 3. The Kier molecular flexibility index (Phi) is 12.0. The summed E-state index contributed by atoms with van der Waals surface area (Å²) in [5.41, 5.74) is -4.53. The van der Waals surface area contributed by atoms with Crippen LogP contribution in [0.25, 0.3) is 10.8 Å². The summed E-state index contributed by atoms with van der Waals surface area (Å²) >= 11 is 0. The molecule has 3 heterocycles. The van der Waals surface area contributed by atoms with Crippen molar-refractivity contribution in [2.75, 3.05) is 6.54 Å². The normalized spacial score (nSPS) is 29.2. The fraction of sp³-hybridized carbons (Fsp3) is 0.634. The van der Waals surface area contributed by atoms with Crippen LogP contribution < -0.4 is 24.8 Å². The quantitative estimate of drug-likeness (QED) is 0.265. The van der Waals surface area contributed by atoms with Crippen LogP contribution in [0.15, 0.2) is 42.6 Å². The van der Waals surface area contributed by atoms with Crippen molar-refractivity contribution >= 4 is 44.6 Å². The zero-order chi connectivity index (χ0) is 43.3.